The number of esters is 5. The fraction of sp³-hybridized carbons (Fsp3) is 0.398. The molecule has 5 unspecified atom stereocenters. The summed E-state index contributed by atoms with van der Waals surface area (Å²) in [6.45, 7) is 32.3. The summed E-state index contributed by atoms with van der Waals surface area (Å²) in [6, 6.07) is 36.8. The number of allylic oxidation sites excluding steroid dienone is 5. The predicted octanol–water partition coefficient (Wildman–Crippen LogP) is 24.7. The molecule has 15 rings (SSSR count). The molecule has 39 heteroatoms. The summed E-state index contributed by atoms with van der Waals surface area (Å²) < 4.78 is 53.5. The zero-order valence-corrected chi connectivity index (χ0v) is 89.1. The molecular formula is C108H126Cl5N15O19. The summed E-state index contributed by atoms with van der Waals surface area (Å²) in [5.41, 5.74) is 13.2. The van der Waals surface area contributed by atoms with Crippen LogP contribution in [0.25, 0.3) is 0 Å². The molecule has 0 saturated heterocycles. The van der Waals surface area contributed by atoms with Gasteiger partial charge in [-0.25, -0.2) is 47.8 Å². The Bertz CT molecular complexity index is 6510. The second-order valence-corrected chi connectivity index (χ2v) is 36.2. The van der Waals surface area contributed by atoms with Crippen molar-refractivity contribution in [1.82, 2.24) is 48.9 Å². The van der Waals surface area contributed by atoms with Gasteiger partial charge in [-0.1, -0.05) is 243 Å². The molecular weight excluding hydrogens is 1990 g/mol. The van der Waals surface area contributed by atoms with Crippen molar-refractivity contribution in [3.05, 3.63) is 289 Å². The maximum Gasteiger partial charge on any atom is 0.436 e. The number of aromatic nitrogens is 10. The number of nitrogens with one attached hydrogen (secondary N) is 5. The van der Waals surface area contributed by atoms with Gasteiger partial charge in [-0.15, -0.1) is 24.7 Å². The molecule has 782 valence electrons. The quantitative estimate of drug-likeness (QED) is 0.0193. The fourth-order valence-corrected chi connectivity index (χ4v) is 18.8. The highest BCUT2D eigenvalue weighted by atomic mass is 35.5. The monoisotopic (exact) mass is 2110 g/mol. The molecule has 5 N–H and O–H groups in total. The number of halogens is 5. The number of hydrogen-bond acceptors (Lipinski definition) is 29. The zero-order valence-electron chi connectivity index (χ0n) is 85.4. The normalized spacial score (nSPS) is 15.5. The van der Waals surface area contributed by atoms with Gasteiger partial charge in [0, 0.05) is 136 Å². The highest BCUT2D eigenvalue weighted by molar-refractivity contribution is 6.33. The zero-order chi connectivity index (χ0) is 106. The molecule has 0 fully saturated rings. The second kappa shape index (κ2) is 54.6. The van der Waals surface area contributed by atoms with Crippen LogP contribution in [0, 0.1) is 5.92 Å². The topological polar surface area (TPSA) is 403 Å². The standard InChI is InChI=1S/2C22H26ClN3O4.C22H26ClN3O3.2C21H24ClN3O4/c1-4-9-17-19(21(27)29-6-3)18(14-10-7-8-11-16(14)23)15-13-26(25-20(15)24-17)22(28)30-12-5-2;1-4-9-17-19(21(27)29-6-3)18(14-10-7-8-11-16(14)23)15-13-24-26(20(15)25-17)22(28)30-12-5-2;1-5-9-17-19(22(28)29-6-2)18(14-10-7-8-11-16(14)23)15-12-26(21(27)13(3)4)25-20(15)24-17;1-4-9-16-18(20(26)28-5-2)17(13-10-7-8-11-15(13)22)14-12-25(21(27)29-6-3)24-19(14)23-16;1-4-9-16-18(20(26)28-5-2)17(13-10-7-8-11-15(13)22)14-12-23-25(19(14)24-16)21(27)29-6-3/h7-8,10-11,13,18H,4-6,9,12H2,1-3H3,(H,24,25);7-8,10-11,13,18,25H,4-6,9,12H2,1-3H3;7-8,10-13,18H,5-6,9H2,1-4H3,(H,24,25);7-8,10-12,17H,4-6,9H2,1-3H3,(H,23,24);7-8,10-12,17,24H,4-6,9H2,1-3H3. The molecule has 5 aromatic heterocycles. The Hall–Kier alpha value is -13.8. The Kier molecular flexibility index (Phi) is 42.1. The average molecular weight is 2120 g/mol. The van der Waals surface area contributed by atoms with Crippen LogP contribution in [0.4, 0.5) is 48.3 Å². The number of ether oxygens (including phenoxy) is 9. The molecule has 5 atom stereocenters. The van der Waals surface area contributed by atoms with Crippen molar-refractivity contribution in [3.8, 4) is 0 Å². The number of carbonyl (C=O) groups is 10. The van der Waals surface area contributed by atoms with Gasteiger partial charge in [-0.3, -0.25) is 4.79 Å². The maximum absolute atomic E-state index is 13.0. The first-order chi connectivity index (χ1) is 71.0. The van der Waals surface area contributed by atoms with Crippen molar-refractivity contribution >= 4 is 147 Å². The third kappa shape index (κ3) is 26.4. The van der Waals surface area contributed by atoms with Crippen LogP contribution < -0.4 is 26.6 Å². The largest absolute Gasteiger partial charge is 0.463 e. The highest BCUT2D eigenvalue weighted by Crippen LogP contribution is 2.52. The maximum atomic E-state index is 13.0. The van der Waals surface area contributed by atoms with Gasteiger partial charge < -0.3 is 69.2 Å². The van der Waals surface area contributed by atoms with Crippen LogP contribution >= 0.6 is 58.0 Å². The Morgan fingerprint density at radius 2 is 0.517 bits per heavy atom. The third-order valence-electron chi connectivity index (χ3n) is 23.7. The van der Waals surface area contributed by atoms with Crippen LogP contribution in [0.1, 0.15) is 278 Å². The smallest absolute Gasteiger partial charge is 0.436 e. The van der Waals surface area contributed by atoms with E-state index in [4.69, 9.17) is 101 Å². The molecule has 0 radical (unpaired) electrons. The van der Waals surface area contributed by atoms with E-state index in [2.05, 4.69) is 52.1 Å². The van der Waals surface area contributed by atoms with E-state index in [1.54, 1.807) is 110 Å². The summed E-state index contributed by atoms with van der Waals surface area (Å²) >= 11 is 32.6. The molecule has 5 aliphatic heterocycles. The van der Waals surface area contributed by atoms with Crippen LogP contribution in [0.15, 0.2) is 209 Å². The minimum Gasteiger partial charge on any atom is -0.463 e. The third-order valence-corrected chi connectivity index (χ3v) is 25.4. The SMILES string of the molecule is CCCC1=C(C(=O)OCC)C(c2ccccc2Cl)c2cn(C(=O)C(C)C)nc2N1.CCCC1=C(C(=O)OCC)C(c2ccccc2Cl)c2cn(C(=O)OCC)nc2N1.CCCC1=C(C(=O)OCC)C(c2ccccc2Cl)c2cnn(C(=O)OCC)c2N1.CCCOC(=O)n1cc2c(n1)NC(CCC)=C(C(=O)OCC)C2c1ccccc1Cl.CCCOC(=O)n1ncc2c1NC(CCC)=C(C(=O)OCC)C2c1ccccc1Cl. The molecule has 5 aromatic carbocycles. The molecule has 10 heterocycles. The molecule has 5 aliphatic rings. The molecule has 0 spiro atoms. The van der Waals surface area contributed by atoms with Crippen molar-refractivity contribution in [1.29, 1.82) is 0 Å². The number of anilines is 5. The molecule has 0 aliphatic carbocycles. The number of carbonyl (C=O) groups excluding carboxylic acids is 10. The van der Waals surface area contributed by atoms with Gasteiger partial charge in [0.15, 0.2) is 17.5 Å². The Balaban J connectivity index is 0.000000175. The number of rotatable bonds is 32. The van der Waals surface area contributed by atoms with E-state index >= 15 is 0 Å². The van der Waals surface area contributed by atoms with Gasteiger partial charge >= 0.3 is 54.2 Å². The molecule has 147 heavy (non-hydrogen) atoms. The number of benzene rings is 5. The summed E-state index contributed by atoms with van der Waals surface area (Å²) in [4.78, 5) is 127. The van der Waals surface area contributed by atoms with Crippen molar-refractivity contribution in [3.63, 3.8) is 0 Å². The van der Waals surface area contributed by atoms with Gasteiger partial charge in [-0.2, -0.15) is 19.6 Å². The van der Waals surface area contributed by atoms with Crippen molar-refractivity contribution in [2.75, 3.05) is 86.0 Å². The molecule has 0 bridgehead atoms. The van der Waals surface area contributed by atoms with E-state index in [9.17, 15) is 47.9 Å². The van der Waals surface area contributed by atoms with E-state index in [1.807, 2.05) is 153 Å². The summed E-state index contributed by atoms with van der Waals surface area (Å²) in [5.74, 6) is -2.33. The van der Waals surface area contributed by atoms with Crippen molar-refractivity contribution < 1.29 is 90.6 Å². The first kappa shape index (κ1) is 114. The minimum atomic E-state index is -0.588. The summed E-state index contributed by atoms with van der Waals surface area (Å²) in [5, 5.41) is 40.5. The average Bonchev–Trinajstić information content (AvgIpc) is 1.60. The van der Waals surface area contributed by atoms with Gasteiger partial charge in [0.2, 0.25) is 5.91 Å². The lowest BCUT2D eigenvalue weighted by Crippen LogP contribution is -2.27. The lowest BCUT2D eigenvalue weighted by atomic mass is 9.82. The van der Waals surface area contributed by atoms with Crippen molar-refractivity contribution in [2.45, 2.75) is 217 Å². The van der Waals surface area contributed by atoms with E-state index in [0.29, 0.717) is 174 Å². The van der Waals surface area contributed by atoms with E-state index < -0.39 is 77.8 Å². The molecule has 0 amide bonds. The first-order valence-corrected chi connectivity index (χ1v) is 51.6. The summed E-state index contributed by atoms with van der Waals surface area (Å²) in [7, 11) is 0. The lowest BCUT2D eigenvalue weighted by molar-refractivity contribution is -0.139. The minimum absolute atomic E-state index is 0.117. The molecule has 10 aromatic rings. The predicted molar refractivity (Wildman–Crippen MR) is 563 cm³/mol. The van der Waals surface area contributed by atoms with Gasteiger partial charge in [0.1, 0.15) is 11.6 Å². The van der Waals surface area contributed by atoms with Gasteiger partial charge in [0.25, 0.3) is 0 Å². The Morgan fingerprint density at radius 3 is 0.776 bits per heavy atom. The second-order valence-electron chi connectivity index (χ2n) is 34.2. The van der Waals surface area contributed by atoms with Crippen LogP contribution in [0.3, 0.4) is 0 Å². The van der Waals surface area contributed by atoms with E-state index in [-0.39, 0.29) is 64.0 Å². The van der Waals surface area contributed by atoms with E-state index in [0.717, 1.165) is 91.9 Å². The number of fused-ring (bicyclic) bond motifs is 5. The van der Waals surface area contributed by atoms with Gasteiger partial charge in [-0.05, 0) is 152 Å². The van der Waals surface area contributed by atoms with Gasteiger partial charge in [0.05, 0.1) is 99.7 Å². The van der Waals surface area contributed by atoms with Crippen molar-refractivity contribution in [2.24, 2.45) is 5.92 Å². The highest BCUT2D eigenvalue weighted by Gasteiger charge is 2.45. The Labute approximate surface area is 879 Å². The molecule has 34 nitrogen and oxygen atoms in total. The lowest BCUT2D eigenvalue weighted by Gasteiger charge is -2.29. The van der Waals surface area contributed by atoms with E-state index in [1.165, 1.54) is 14.0 Å². The van der Waals surface area contributed by atoms with Crippen LogP contribution in [0.5, 0.6) is 0 Å². The van der Waals surface area contributed by atoms with Crippen LogP contribution in [-0.2, 0) is 66.6 Å². The van der Waals surface area contributed by atoms with Crippen LogP contribution in [-0.4, -0.2) is 168 Å². The fourth-order valence-electron chi connectivity index (χ4n) is 17.5. The first-order valence-electron chi connectivity index (χ1n) is 49.7. The number of hydrogen-bond donors (Lipinski definition) is 5. The molecule has 0 saturated carbocycles. The number of nitrogens with zero attached hydrogens (tertiary/aromatic N) is 10. The summed E-state index contributed by atoms with van der Waals surface area (Å²) in [6.07, 6.45) is 14.3. The van der Waals surface area contributed by atoms with Crippen LogP contribution in [0.2, 0.25) is 25.1 Å². The Morgan fingerprint density at radius 1 is 0.286 bits per heavy atom.